The molecule has 8 heteroatoms. The second-order valence-electron chi connectivity index (χ2n) is 6.64. The van der Waals surface area contributed by atoms with Gasteiger partial charge < -0.3 is 9.47 Å². The van der Waals surface area contributed by atoms with E-state index in [-0.39, 0.29) is 12.3 Å². The Labute approximate surface area is 195 Å². The van der Waals surface area contributed by atoms with E-state index in [1.54, 1.807) is 66.7 Å². The number of ether oxygens (including phenoxy) is 2. The van der Waals surface area contributed by atoms with Crippen LogP contribution in [0, 0.1) is 0 Å². The van der Waals surface area contributed by atoms with Gasteiger partial charge in [-0.3, -0.25) is 4.79 Å². The summed E-state index contributed by atoms with van der Waals surface area (Å²) >= 11 is 11.9. The zero-order valence-corrected chi connectivity index (χ0v) is 18.5. The number of esters is 1. The first-order valence-corrected chi connectivity index (χ1v) is 10.5. The first-order chi connectivity index (χ1) is 15.5. The van der Waals surface area contributed by atoms with Crippen LogP contribution in [-0.4, -0.2) is 24.7 Å². The van der Waals surface area contributed by atoms with Crippen molar-refractivity contribution in [3.63, 3.8) is 0 Å². The van der Waals surface area contributed by atoms with Crippen molar-refractivity contribution in [3.05, 3.63) is 94.0 Å². The van der Waals surface area contributed by atoms with Crippen LogP contribution >= 0.6 is 23.2 Å². The maximum absolute atomic E-state index is 12.0. The quantitative estimate of drug-likeness (QED) is 0.147. The van der Waals surface area contributed by atoms with Crippen molar-refractivity contribution < 1.29 is 19.1 Å². The van der Waals surface area contributed by atoms with Crippen LogP contribution < -0.4 is 14.9 Å². The Morgan fingerprint density at radius 2 is 1.72 bits per heavy atom. The van der Waals surface area contributed by atoms with Crippen molar-refractivity contribution in [3.8, 4) is 11.5 Å². The van der Waals surface area contributed by atoms with Crippen LogP contribution in [0.1, 0.15) is 28.8 Å². The summed E-state index contributed by atoms with van der Waals surface area (Å²) in [6, 6.07) is 20.5. The molecular formula is C24H20Cl2N2O4. The van der Waals surface area contributed by atoms with Gasteiger partial charge in [0, 0.05) is 11.4 Å². The minimum atomic E-state index is -0.429. The standard InChI is InChI=1S/C24H20Cl2N2O4/c25-19-10-13-22(21(26)15-19)31-14-4-7-23(29)28-27-16-17-8-11-20(12-9-17)32-24(30)18-5-2-1-3-6-18/h1-3,5-6,8-13,15-16H,4,7,14H2,(H,28,29)/b27-16+. The number of nitrogens with zero attached hydrogens (tertiary/aromatic N) is 1. The number of carbonyl (C=O) groups is 2. The number of halogens is 2. The predicted molar refractivity (Wildman–Crippen MR) is 125 cm³/mol. The Morgan fingerprint density at radius 1 is 0.969 bits per heavy atom. The molecule has 3 rings (SSSR count). The molecule has 0 spiro atoms. The molecule has 0 aliphatic rings. The number of carbonyl (C=O) groups excluding carboxylic acids is 2. The van der Waals surface area contributed by atoms with E-state index in [9.17, 15) is 9.59 Å². The minimum absolute atomic E-state index is 0.236. The van der Waals surface area contributed by atoms with E-state index in [0.29, 0.717) is 40.1 Å². The van der Waals surface area contributed by atoms with E-state index >= 15 is 0 Å². The molecule has 32 heavy (non-hydrogen) atoms. The van der Waals surface area contributed by atoms with Crippen molar-refractivity contribution in [2.24, 2.45) is 5.10 Å². The summed E-state index contributed by atoms with van der Waals surface area (Å²) in [5.74, 6) is 0.273. The van der Waals surface area contributed by atoms with Gasteiger partial charge in [-0.1, -0.05) is 41.4 Å². The van der Waals surface area contributed by atoms with Crippen LogP contribution in [0.15, 0.2) is 77.9 Å². The van der Waals surface area contributed by atoms with Gasteiger partial charge in [0.1, 0.15) is 11.5 Å². The van der Waals surface area contributed by atoms with Crippen LogP contribution in [-0.2, 0) is 4.79 Å². The topological polar surface area (TPSA) is 77.0 Å². The molecular weight excluding hydrogens is 451 g/mol. The van der Waals surface area contributed by atoms with Crippen molar-refractivity contribution in [1.29, 1.82) is 0 Å². The normalized spacial score (nSPS) is 10.7. The molecule has 1 N–H and O–H groups in total. The molecule has 0 aliphatic carbocycles. The maximum atomic E-state index is 12.0. The lowest BCUT2D eigenvalue weighted by Crippen LogP contribution is -2.18. The smallest absolute Gasteiger partial charge is 0.343 e. The number of rotatable bonds is 9. The monoisotopic (exact) mass is 470 g/mol. The lowest BCUT2D eigenvalue weighted by Gasteiger charge is -2.07. The minimum Gasteiger partial charge on any atom is -0.492 e. The van der Waals surface area contributed by atoms with E-state index in [4.69, 9.17) is 32.7 Å². The Bertz CT molecular complexity index is 1090. The van der Waals surface area contributed by atoms with Gasteiger partial charge in [-0.2, -0.15) is 5.10 Å². The molecule has 0 atom stereocenters. The molecule has 0 heterocycles. The first-order valence-electron chi connectivity index (χ1n) is 9.78. The first kappa shape index (κ1) is 23.3. The van der Waals surface area contributed by atoms with Gasteiger partial charge >= 0.3 is 5.97 Å². The molecule has 0 aliphatic heterocycles. The van der Waals surface area contributed by atoms with Crippen LogP contribution in [0.4, 0.5) is 0 Å². The lowest BCUT2D eigenvalue weighted by molar-refractivity contribution is -0.121. The van der Waals surface area contributed by atoms with Gasteiger partial charge in [-0.15, -0.1) is 0 Å². The number of hydrogen-bond donors (Lipinski definition) is 1. The fourth-order valence-electron chi connectivity index (χ4n) is 2.60. The summed E-state index contributed by atoms with van der Waals surface area (Å²) in [5.41, 5.74) is 3.68. The summed E-state index contributed by atoms with van der Waals surface area (Å²) in [4.78, 5) is 23.9. The molecule has 0 saturated heterocycles. The molecule has 164 valence electrons. The molecule has 3 aromatic rings. The van der Waals surface area contributed by atoms with Gasteiger partial charge in [0.15, 0.2) is 0 Å². The Kier molecular flexibility index (Phi) is 8.66. The predicted octanol–water partition coefficient (Wildman–Crippen LogP) is 5.52. The third-order valence-electron chi connectivity index (χ3n) is 4.20. The molecule has 0 aromatic heterocycles. The van der Waals surface area contributed by atoms with Gasteiger partial charge in [0.25, 0.3) is 0 Å². The van der Waals surface area contributed by atoms with Crippen molar-refractivity contribution >= 4 is 41.3 Å². The molecule has 0 radical (unpaired) electrons. The second-order valence-corrected chi connectivity index (χ2v) is 7.49. The number of nitrogens with one attached hydrogen (secondary N) is 1. The highest BCUT2D eigenvalue weighted by atomic mass is 35.5. The molecule has 0 bridgehead atoms. The highest BCUT2D eigenvalue weighted by Gasteiger charge is 2.07. The van der Waals surface area contributed by atoms with E-state index in [0.717, 1.165) is 5.56 Å². The van der Waals surface area contributed by atoms with Crippen LogP contribution in [0.2, 0.25) is 10.0 Å². The van der Waals surface area contributed by atoms with E-state index in [2.05, 4.69) is 10.5 Å². The fraction of sp³-hybridized carbons (Fsp3) is 0.125. The van der Waals surface area contributed by atoms with Crippen LogP contribution in [0.25, 0.3) is 0 Å². The maximum Gasteiger partial charge on any atom is 0.343 e. The number of hydrogen-bond acceptors (Lipinski definition) is 5. The van der Waals surface area contributed by atoms with Gasteiger partial charge in [0.05, 0.1) is 23.4 Å². The number of amides is 1. The molecule has 0 unspecified atom stereocenters. The summed E-state index contributed by atoms with van der Waals surface area (Å²) < 4.78 is 10.9. The SMILES string of the molecule is O=C(CCCOc1ccc(Cl)cc1Cl)N/N=C/c1ccc(OC(=O)c2ccccc2)cc1. The molecule has 0 saturated carbocycles. The summed E-state index contributed by atoms with van der Waals surface area (Å²) in [5, 5.41) is 4.89. The van der Waals surface area contributed by atoms with Gasteiger partial charge in [0.2, 0.25) is 5.91 Å². The molecule has 6 nitrogen and oxygen atoms in total. The third kappa shape index (κ3) is 7.41. The zero-order valence-electron chi connectivity index (χ0n) is 17.0. The largest absolute Gasteiger partial charge is 0.492 e. The molecule has 0 fully saturated rings. The second kappa shape index (κ2) is 11.9. The highest BCUT2D eigenvalue weighted by molar-refractivity contribution is 6.35. The Balaban J connectivity index is 1.37. The average molecular weight is 471 g/mol. The van der Waals surface area contributed by atoms with E-state index < -0.39 is 5.97 Å². The lowest BCUT2D eigenvalue weighted by atomic mass is 10.2. The van der Waals surface area contributed by atoms with Gasteiger partial charge in [-0.25, -0.2) is 10.2 Å². The summed E-state index contributed by atoms with van der Waals surface area (Å²) in [6.07, 6.45) is 2.25. The van der Waals surface area contributed by atoms with E-state index in [1.165, 1.54) is 6.21 Å². The number of benzene rings is 3. The third-order valence-corrected chi connectivity index (χ3v) is 4.73. The van der Waals surface area contributed by atoms with Crippen molar-refractivity contribution in [2.45, 2.75) is 12.8 Å². The number of hydrazone groups is 1. The molecule has 1 amide bonds. The zero-order chi connectivity index (χ0) is 22.8. The summed E-state index contributed by atoms with van der Waals surface area (Å²) in [7, 11) is 0. The van der Waals surface area contributed by atoms with E-state index in [1.807, 2.05) is 6.07 Å². The highest BCUT2D eigenvalue weighted by Crippen LogP contribution is 2.27. The summed E-state index contributed by atoms with van der Waals surface area (Å²) in [6.45, 7) is 0.335. The average Bonchev–Trinajstić information content (AvgIpc) is 2.79. The van der Waals surface area contributed by atoms with Crippen LogP contribution in [0.5, 0.6) is 11.5 Å². The Hall–Kier alpha value is -3.35. The van der Waals surface area contributed by atoms with Crippen molar-refractivity contribution in [2.75, 3.05) is 6.61 Å². The molecule has 3 aromatic carbocycles. The van der Waals surface area contributed by atoms with Crippen molar-refractivity contribution in [1.82, 2.24) is 5.43 Å². The Morgan fingerprint density at radius 3 is 2.44 bits per heavy atom. The fourth-order valence-corrected chi connectivity index (χ4v) is 3.07. The van der Waals surface area contributed by atoms with Crippen LogP contribution in [0.3, 0.4) is 0 Å². The van der Waals surface area contributed by atoms with Gasteiger partial charge in [-0.05, 0) is 66.6 Å².